The van der Waals surface area contributed by atoms with Gasteiger partial charge in [-0.3, -0.25) is 0 Å². The predicted molar refractivity (Wildman–Crippen MR) is 66.6 cm³/mol. The Morgan fingerprint density at radius 3 is 2.88 bits per heavy atom. The normalized spacial score (nSPS) is 10.4. The van der Waals surface area contributed by atoms with Gasteiger partial charge in [0.2, 0.25) is 0 Å². The van der Waals surface area contributed by atoms with Crippen molar-refractivity contribution in [1.29, 1.82) is 0 Å². The van der Waals surface area contributed by atoms with Gasteiger partial charge in [0.25, 0.3) is 6.01 Å². The zero-order chi connectivity index (χ0) is 12.0. The van der Waals surface area contributed by atoms with E-state index in [9.17, 15) is 0 Å². The van der Waals surface area contributed by atoms with Crippen LogP contribution in [0.2, 0.25) is 0 Å². The summed E-state index contributed by atoms with van der Waals surface area (Å²) in [7, 11) is 0. The summed E-state index contributed by atoms with van der Waals surface area (Å²) in [6, 6.07) is 0.679. The highest BCUT2D eigenvalue weighted by Gasteiger charge is 2.10. The van der Waals surface area contributed by atoms with E-state index in [1.54, 1.807) is 6.26 Å². The molecule has 1 heterocycles. The molecular weight excluding hydrogens is 202 g/mol. The number of hydrogen-bond donors (Lipinski definition) is 1. The van der Waals surface area contributed by atoms with Gasteiger partial charge in [-0.25, -0.2) is 0 Å². The second-order valence-electron chi connectivity index (χ2n) is 3.87. The topological polar surface area (TPSA) is 41.3 Å². The van der Waals surface area contributed by atoms with E-state index in [0.29, 0.717) is 6.01 Å². The Morgan fingerprint density at radius 2 is 2.31 bits per heavy atom. The first-order valence-corrected chi connectivity index (χ1v) is 5.71. The number of oxazole rings is 1. The molecule has 0 aromatic carbocycles. The summed E-state index contributed by atoms with van der Waals surface area (Å²) in [6.45, 7) is 13.4. The molecule has 0 aliphatic carbocycles. The van der Waals surface area contributed by atoms with Crippen LogP contribution in [0.15, 0.2) is 22.8 Å². The Bertz CT molecular complexity index is 333. The third-order valence-electron chi connectivity index (χ3n) is 2.21. The number of anilines is 1. The first kappa shape index (κ1) is 12.8. The molecule has 0 fully saturated rings. The van der Waals surface area contributed by atoms with Crippen molar-refractivity contribution in [3.63, 3.8) is 0 Å². The molecule has 0 radical (unpaired) electrons. The molecule has 1 N–H and O–H groups in total. The molecule has 4 heteroatoms. The number of hydrogen-bond acceptors (Lipinski definition) is 4. The van der Waals surface area contributed by atoms with E-state index >= 15 is 0 Å². The minimum absolute atomic E-state index is 0.679. The molecule has 0 aliphatic heterocycles. The maximum Gasteiger partial charge on any atom is 0.297 e. The molecule has 0 saturated heterocycles. The maximum atomic E-state index is 5.45. The summed E-state index contributed by atoms with van der Waals surface area (Å²) < 4.78 is 5.45. The highest BCUT2D eigenvalue weighted by molar-refractivity contribution is 5.29. The molecule has 0 atom stereocenters. The van der Waals surface area contributed by atoms with Crippen LogP contribution in [0.25, 0.3) is 0 Å². The SMILES string of the molecule is C=C(C)CN(CC)c1nc(CNCC)co1. The van der Waals surface area contributed by atoms with E-state index in [-0.39, 0.29) is 0 Å². The molecule has 1 aromatic rings. The van der Waals surface area contributed by atoms with Crippen molar-refractivity contribution >= 4 is 6.01 Å². The molecule has 0 bridgehead atoms. The van der Waals surface area contributed by atoms with E-state index in [4.69, 9.17) is 4.42 Å². The molecule has 90 valence electrons. The molecule has 0 amide bonds. The van der Waals surface area contributed by atoms with E-state index in [0.717, 1.165) is 37.4 Å². The summed E-state index contributed by atoms with van der Waals surface area (Å²) in [6.07, 6.45) is 1.71. The third-order valence-corrected chi connectivity index (χ3v) is 2.21. The van der Waals surface area contributed by atoms with Gasteiger partial charge in [-0.15, -0.1) is 0 Å². The molecule has 1 aromatic heterocycles. The van der Waals surface area contributed by atoms with Crippen molar-refractivity contribution in [3.05, 3.63) is 24.1 Å². The minimum Gasteiger partial charge on any atom is -0.432 e. The smallest absolute Gasteiger partial charge is 0.297 e. The number of rotatable bonds is 7. The van der Waals surface area contributed by atoms with E-state index in [1.807, 2.05) is 6.92 Å². The van der Waals surface area contributed by atoms with Crippen molar-refractivity contribution in [2.45, 2.75) is 27.3 Å². The van der Waals surface area contributed by atoms with Gasteiger partial charge in [-0.2, -0.15) is 4.98 Å². The number of nitrogens with zero attached hydrogens (tertiary/aromatic N) is 2. The Hall–Kier alpha value is -1.29. The van der Waals surface area contributed by atoms with Crippen LogP contribution < -0.4 is 10.2 Å². The average molecular weight is 223 g/mol. The van der Waals surface area contributed by atoms with Crippen molar-refractivity contribution in [1.82, 2.24) is 10.3 Å². The highest BCUT2D eigenvalue weighted by atomic mass is 16.4. The van der Waals surface area contributed by atoms with E-state index < -0.39 is 0 Å². The minimum atomic E-state index is 0.679. The summed E-state index contributed by atoms with van der Waals surface area (Å²) in [5, 5.41) is 3.22. The summed E-state index contributed by atoms with van der Waals surface area (Å²) in [4.78, 5) is 6.49. The Labute approximate surface area is 97.3 Å². The summed E-state index contributed by atoms with van der Waals surface area (Å²) in [5.74, 6) is 0. The number of aromatic nitrogens is 1. The quantitative estimate of drug-likeness (QED) is 0.719. The second kappa shape index (κ2) is 6.33. The number of nitrogens with one attached hydrogen (secondary N) is 1. The molecule has 0 aliphatic rings. The predicted octanol–water partition coefficient (Wildman–Crippen LogP) is 2.19. The van der Waals surface area contributed by atoms with Gasteiger partial charge in [0.1, 0.15) is 6.26 Å². The van der Waals surface area contributed by atoms with E-state index in [1.165, 1.54) is 0 Å². The maximum absolute atomic E-state index is 5.45. The van der Waals surface area contributed by atoms with Gasteiger partial charge in [-0.1, -0.05) is 19.1 Å². The number of likely N-dealkylation sites (N-methyl/N-ethyl adjacent to an activating group) is 1. The lowest BCUT2D eigenvalue weighted by atomic mass is 10.3. The first-order valence-electron chi connectivity index (χ1n) is 5.71. The zero-order valence-corrected chi connectivity index (χ0v) is 10.4. The Kier molecular flexibility index (Phi) is 5.05. The van der Waals surface area contributed by atoms with Crippen LogP contribution in [0.3, 0.4) is 0 Å². The van der Waals surface area contributed by atoms with Crippen molar-refractivity contribution in [2.24, 2.45) is 0 Å². The fourth-order valence-electron chi connectivity index (χ4n) is 1.42. The third kappa shape index (κ3) is 3.70. The van der Waals surface area contributed by atoms with Crippen LogP contribution in [0.5, 0.6) is 0 Å². The molecule has 4 nitrogen and oxygen atoms in total. The van der Waals surface area contributed by atoms with Gasteiger partial charge in [0.05, 0.1) is 5.69 Å². The van der Waals surface area contributed by atoms with Crippen LogP contribution in [-0.4, -0.2) is 24.6 Å². The molecule has 1 rings (SSSR count). The van der Waals surface area contributed by atoms with Gasteiger partial charge >= 0.3 is 0 Å². The zero-order valence-electron chi connectivity index (χ0n) is 10.4. The molecule has 0 unspecified atom stereocenters. The van der Waals surface area contributed by atoms with Gasteiger partial charge < -0.3 is 14.6 Å². The highest BCUT2D eigenvalue weighted by Crippen LogP contribution is 2.14. The molecular formula is C12H21N3O. The van der Waals surface area contributed by atoms with Crippen LogP contribution >= 0.6 is 0 Å². The van der Waals surface area contributed by atoms with Gasteiger partial charge in [-0.05, 0) is 20.4 Å². The lowest BCUT2D eigenvalue weighted by molar-refractivity contribution is 0.540. The molecule has 0 saturated carbocycles. The first-order chi connectivity index (χ1) is 7.67. The van der Waals surface area contributed by atoms with Crippen LogP contribution in [0, 0.1) is 0 Å². The largest absolute Gasteiger partial charge is 0.432 e. The van der Waals surface area contributed by atoms with Gasteiger partial charge in [0.15, 0.2) is 0 Å². The Morgan fingerprint density at radius 1 is 1.56 bits per heavy atom. The summed E-state index contributed by atoms with van der Waals surface area (Å²) >= 11 is 0. The molecule has 0 spiro atoms. The van der Waals surface area contributed by atoms with Crippen molar-refractivity contribution in [2.75, 3.05) is 24.5 Å². The van der Waals surface area contributed by atoms with Crippen LogP contribution in [0.4, 0.5) is 6.01 Å². The van der Waals surface area contributed by atoms with E-state index in [2.05, 4.69) is 35.6 Å². The van der Waals surface area contributed by atoms with Crippen LogP contribution in [-0.2, 0) is 6.54 Å². The standard InChI is InChI=1S/C12H21N3O/c1-5-13-7-11-9-16-12(14-11)15(6-2)8-10(3)4/h9,13H,3,5-8H2,1-2,4H3. The van der Waals surface area contributed by atoms with Crippen LogP contribution in [0.1, 0.15) is 26.5 Å². The monoisotopic (exact) mass is 223 g/mol. The molecule has 16 heavy (non-hydrogen) atoms. The summed E-state index contributed by atoms with van der Waals surface area (Å²) in [5.41, 5.74) is 2.05. The van der Waals surface area contributed by atoms with Crippen molar-refractivity contribution < 1.29 is 4.42 Å². The Balaban J connectivity index is 2.63. The van der Waals surface area contributed by atoms with Crippen molar-refractivity contribution in [3.8, 4) is 0 Å². The second-order valence-corrected chi connectivity index (χ2v) is 3.87. The average Bonchev–Trinajstić information content (AvgIpc) is 2.71. The lowest BCUT2D eigenvalue weighted by Gasteiger charge is -2.17. The fourth-order valence-corrected chi connectivity index (χ4v) is 1.42. The van der Waals surface area contributed by atoms with Gasteiger partial charge in [0, 0.05) is 19.6 Å². The lowest BCUT2D eigenvalue weighted by Crippen LogP contribution is -2.24. The fraction of sp³-hybridized carbons (Fsp3) is 0.583.